The molecule has 0 spiro atoms. The zero-order valence-corrected chi connectivity index (χ0v) is 19.1. The van der Waals surface area contributed by atoms with Crippen molar-refractivity contribution in [2.45, 2.75) is 84.0 Å². The van der Waals surface area contributed by atoms with Crippen LogP contribution in [0.5, 0.6) is 0 Å². The largest absolute Gasteiger partial charge is 0.352 e. The zero-order valence-electron chi connectivity index (χ0n) is 19.1. The molecule has 1 aromatic heterocycles. The number of carbonyl (C=O) groups excluding carboxylic acids is 1. The first kappa shape index (κ1) is 21.5. The number of hydrogen-bond acceptors (Lipinski definition) is 2. The fourth-order valence-corrected chi connectivity index (χ4v) is 4.19. The first-order valence-corrected chi connectivity index (χ1v) is 10.8. The number of amides is 1. The van der Waals surface area contributed by atoms with Gasteiger partial charge in [-0.05, 0) is 58.9 Å². The van der Waals surface area contributed by atoms with Gasteiger partial charge in [0.2, 0.25) is 0 Å². The number of pyridine rings is 1. The molecule has 0 unspecified atom stereocenters. The second-order valence-corrected chi connectivity index (χ2v) is 10.8. The van der Waals surface area contributed by atoms with Gasteiger partial charge in [0.1, 0.15) is 0 Å². The van der Waals surface area contributed by atoms with Gasteiger partial charge in [-0.25, -0.2) is 0 Å². The Hall–Kier alpha value is -2.16. The van der Waals surface area contributed by atoms with Crippen molar-refractivity contribution in [1.82, 2.24) is 10.3 Å². The van der Waals surface area contributed by atoms with Crippen LogP contribution in [0.4, 0.5) is 0 Å². The van der Waals surface area contributed by atoms with Crippen LogP contribution in [0, 0.1) is 0 Å². The zero-order chi connectivity index (χ0) is 21.4. The molecule has 1 aliphatic carbocycles. The van der Waals surface area contributed by atoms with Crippen molar-refractivity contribution in [2.24, 2.45) is 0 Å². The quantitative estimate of drug-likeness (QED) is 0.725. The third-order valence-electron chi connectivity index (χ3n) is 6.41. The molecule has 0 saturated heterocycles. The average Bonchev–Trinajstić information content (AvgIpc) is 2.65. The Balaban J connectivity index is 1.64. The van der Waals surface area contributed by atoms with Gasteiger partial charge in [0.25, 0.3) is 5.91 Å². The summed E-state index contributed by atoms with van der Waals surface area (Å²) in [5.41, 5.74) is 6.29. The minimum absolute atomic E-state index is 0.0101. The predicted octanol–water partition coefficient (Wildman–Crippen LogP) is 5.70. The number of fused-ring (bicyclic) bond motifs is 1. The highest BCUT2D eigenvalue weighted by Crippen LogP contribution is 2.45. The summed E-state index contributed by atoms with van der Waals surface area (Å²) in [5, 5.41) is 3.04. The van der Waals surface area contributed by atoms with E-state index in [0.29, 0.717) is 12.1 Å². The van der Waals surface area contributed by atoms with Crippen LogP contribution in [0.2, 0.25) is 0 Å². The number of benzene rings is 1. The highest BCUT2D eigenvalue weighted by molar-refractivity contribution is 5.93. The van der Waals surface area contributed by atoms with E-state index in [-0.39, 0.29) is 22.2 Å². The molecule has 29 heavy (non-hydrogen) atoms. The number of nitrogens with zero attached hydrogens (tertiary/aromatic N) is 1. The molecule has 1 aliphatic rings. The van der Waals surface area contributed by atoms with Crippen LogP contribution in [-0.2, 0) is 22.7 Å². The van der Waals surface area contributed by atoms with Crippen molar-refractivity contribution in [3.63, 3.8) is 0 Å². The Bertz CT molecular complexity index is 886. The highest BCUT2D eigenvalue weighted by Gasteiger charge is 2.36. The third-order valence-corrected chi connectivity index (χ3v) is 6.41. The van der Waals surface area contributed by atoms with Crippen LogP contribution < -0.4 is 5.32 Å². The second-order valence-electron chi connectivity index (χ2n) is 10.8. The van der Waals surface area contributed by atoms with Crippen molar-refractivity contribution in [2.75, 3.05) is 6.54 Å². The maximum absolute atomic E-state index is 12.5. The maximum atomic E-state index is 12.5. The first-order valence-electron chi connectivity index (χ1n) is 10.8. The molecule has 0 radical (unpaired) electrons. The van der Waals surface area contributed by atoms with Crippen LogP contribution in [0.3, 0.4) is 0 Å². The van der Waals surface area contributed by atoms with Crippen molar-refractivity contribution in [1.29, 1.82) is 0 Å². The molecule has 0 saturated carbocycles. The molecule has 1 aromatic carbocycles. The Morgan fingerprint density at radius 3 is 2.24 bits per heavy atom. The predicted molar refractivity (Wildman–Crippen MR) is 121 cm³/mol. The number of aromatic nitrogens is 1. The molecule has 1 heterocycles. The monoisotopic (exact) mass is 392 g/mol. The van der Waals surface area contributed by atoms with Crippen molar-refractivity contribution in [3.8, 4) is 0 Å². The minimum atomic E-state index is -0.0580. The average molecular weight is 393 g/mol. The van der Waals surface area contributed by atoms with E-state index in [1.165, 1.54) is 29.5 Å². The lowest BCUT2D eigenvalue weighted by molar-refractivity contribution is 0.0953. The van der Waals surface area contributed by atoms with E-state index in [1.807, 2.05) is 12.1 Å². The third kappa shape index (κ3) is 4.71. The van der Waals surface area contributed by atoms with Crippen LogP contribution in [0.25, 0.3) is 0 Å². The summed E-state index contributed by atoms with van der Waals surface area (Å²) >= 11 is 0. The molecule has 1 amide bonds. The number of hydrogen-bond donors (Lipinski definition) is 1. The molecule has 0 bridgehead atoms. The minimum Gasteiger partial charge on any atom is -0.352 e. The van der Waals surface area contributed by atoms with E-state index in [9.17, 15) is 4.79 Å². The van der Waals surface area contributed by atoms with E-state index in [2.05, 4.69) is 77.0 Å². The van der Waals surface area contributed by atoms with Gasteiger partial charge in [0.05, 0.1) is 5.56 Å². The smallest absolute Gasteiger partial charge is 0.252 e. The lowest BCUT2D eigenvalue weighted by Gasteiger charge is -2.42. The lowest BCUT2D eigenvalue weighted by atomic mass is 9.63. The first-order chi connectivity index (χ1) is 13.4. The Morgan fingerprint density at radius 2 is 1.66 bits per heavy atom. The van der Waals surface area contributed by atoms with Gasteiger partial charge in [-0.2, -0.15) is 0 Å². The van der Waals surface area contributed by atoms with Crippen molar-refractivity contribution < 1.29 is 4.79 Å². The van der Waals surface area contributed by atoms with Gasteiger partial charge in [-0.1, -0.05) is 66.7 Å². The molecule has 3 heteroatoms. The molecule has 3 rings (SSSR count). The SMILES string of the molecule is CC(C)(C)c1ccc(C(=O)NCCc2ccc3c(c2)C(C)(C)CCC3(C)C)cn1. The van der Waals surface area contributed by atoms with Gasteiger partial charge in [0.15, 0.2) is 0 Å². The van der Waals surface area contributed by atoms with Crippen molar-refractivity contribution >= 4 is 5.91 Å². The summed E-state index contributed by atoms with van der Waals surface area (Å²) < 4.78 is 0. The second kappa shape index (κ2) is 7.59. The Labute approximate surface area is 176 Å². The summed E-state index contributed by atoms with van der Waals surface area (Å²) in [6, 6.07) is 10.7. The topological polar surface area (TPSA) is 42.0 Å². The van der Waals surface area contributed by atoms with Gasteiger partial charge in [0, 0.05) is 23.9 Å². The summed E-state index contributed by atoms with van der Waals surface area (Å²) in [7, 11) is 0. The van der Waals surface area contributed by atoms with Gasteiger partial charge in [-0.3, -0.25) is 9.78 Å². The summed E-state index contributed by atoms with van der Waals surface area (Å²) in [5.74, 6) is -0.0580. The van der Waals surface area contributed by atoms with E-state index in [4.69, 9.17) is 0 Å². The fourth-order valence-electron chi connectivity index (χ4n) is 4.19. The lowest BCUT2D eigenvalue weighted by Crippen LogP contribution is -2.34. The fraction of sp³-hybridized carbons (Fsp3) is 0.538. The molecule has 0 aliphatic heterocycles. The molecule has 3 nitrogen and oxygen atoms in total. The maximum Gasteiger partial charge on any atom is 0.252 e. The van der Waals surface area contributed by atoms with E-state index < -0.39 is 0 Å². The van der Waals surface area contributed by atoms with Crippen LogP contribution >= 0.6 is 0 Å². The number of carbonyl (C=O) groups is 1. The number of rotatable bonds is 4. The van der Waals surface area contributed by atoms with E-state index >= 15 is 0 Å². The summed E-state index contributed by atoms with van der Waals surface area (Å²) in [6.07, 6.45) is 4.96. The molecule has 0 atom stereocenters. The molecular formula is C26H36N2O. The standard InChI is InChI=1S/C26H36N2O/c1-24(2,3)22-11-9-19(17-28-22)23(29)27-15-12-18-8-10-20-21(16-18)26(6,7)14-13-25(20,4)5/h8-11,16-17H,12-15H2,1-7H3,(H,27,29). The van der Waals surface area contributed by atoms with Crippen LogP contribution in [0.15, 0.2) is 36.5 Å². The van der Waals surface area contributed by atoms with Crippen LogP contribution in [0.1, 0.15) is 94.1 Å². The molecule has 0 fully saturated rings. The summed E-state index contributed by atoms with van der Waals surface area (Å²) in [4.78, 5) is 16.9. The number of nitrogens with one attached hydrogen (secondary N) is 1. The van der Waals surface area contributed by atoms with Gasteiger partial charge in [-0.15, -0.1) is 0 Å². The van der Waals surface area contributed by atoms with Gasteiger partial charge < -0.3 is 5.32 Å². The highest BCUT2D eigenvalue weighted by atomic mass is 16.1. The van der Waals surface area contributed by atoms with E-state index in [0.717, 1.165) is 12.1 Å². The van der Waals surface area contributed by atoms with E-state index in [1.54, 1.807) is 6.20 Å². The molecule has 156 valence electrons. The molecule has 2 aromatic rings. The summed E-state index contributed by atoms with van der Waals surface area (Å²) in [6.45, 7) is 16.4. The van der Waals surface area contributed by atoms with Crippen molar-refractivity contribution in [3.05, 3.63) is 64.5 Å². The van der Waals surface area contributed by atoms with Gasteiger partial charge >= 0.3 is 0 Å². The Kier molecular flexibility index (Phi) is 5.64. The van der Waals surface area contributed by atoms with Crippen LogP contribution in [-0.4, -0.2) is 17.4 Å². The normalized spacial score (nSPS) is 17.5. The Morgan fingerprint density at radius 1 is 1.00 bits per heavy atom. The molecular weight excluding hydrogens is 356 g/mol. The molecule has 1 N–H and O–H groups in total.